The molecule has 0 aliphatic rings. The van der Waals surface area contributed by atoms with Crippen LogP contribution in [-0.2, 0) is 33.9 Å². The van der Waals surface area contributed by atoms with E-state index in [1.165, 1.54) is 53.7 Å². The molecule has 0 heterocycles. The van der Waals surface area contributed by atoms with Gasteiger partial charge in [-0.05, 0) is 47.7 Å². The molecule has 0 fully saturated rings. The molecule has 0 amide bonds. The third kappa shape index (κ3) is 14.9. The Balaban J connectivity index is 0.000000218. The van der Waals surface area contributed by atoms with Crippen molar-refractivity contribution in [3.05, 3.63) is 303 Å². The first-order valence-electron chi connectivity index (χ1n) is 22.5. The minimum Gasteiger partial charge on any atom is -0.307 e. The zero-order valence-electron chi connectivity index (χ0n) is 39.0. The predicted molar refractivity (Wildman–Crippen MR) is 302 cm³/mol. The maximum Gasteiger partial charge on any atom is 0.108 e. The molecule has 0 N–H and O–H groups in total. The Morgan fingerprint density at radius 2 is 0.314 bits per heavy atom. The van der Waals surface area contributed by atoms with Crippen molar-refractivity contribution in [2.24, 2.45) is 0 Å². The Bertz CT molecular complexity index is 2390. The largest absolute Gasteiger partial charge is 0.307 e. The average Bonchev–Trinajstić information content (AvgIpc) is 3.46. The predicted octanol–water partition coefficient (Wildman–Crippen LogP) is 9.40. The van der Waals surface area contributed by atoms with Crippen LogP contribution in [0.15, 0.2) is 303 Å². The zero-order valence-corrected chi connectivity index (χ0v) is 42.4. The van der Waals surface area contributed by atoms with Crippen molar-refractivity contribution in [3.8, 4) is 0 Å². The molecular weight excluding hydrogens is 980 g/mol. The summed E-state index contributed by atoms with van der Waals surface area (Å²) in [4.78, 5) is 24.0. The molecule has 70 heavy (non-hydrogen) atoms. The van der Waals surface area contributed by atoms with E-state index in [4.69, 9.17) is 14.4 Å². The first-order chi connectivity index (χ1) is 34.3. The summed E-state index contributed by atoms with van der Waals surface area (Å²) in [5.41, 5.74) is 5.36. The average molecular weight is 1040 g/mol. The van der Waals surface area contributed by atoms with Crippen LogP contribution in [0.4, 0.5) is 0 Å². The number of carbonyl (C=O) groups is 3. The molecule has 0 saturated heterocycles. The third-order valence-electron chi connectivity index (χ3n) is 11.3. The number of hydrogen-bond acceptors (Lipinski definition) is 3. The maximum absolute atomic E-state index is 8.00. The molecule has 0 aliphatic carbocycles. The van der Waals surface area contributed by atoms with E-state index in [2.05, 4.69) is 303 Å². The Labute approximate surface area is 430 Å². The van der Waals surface area contributed by atoms with Crippen LogP contribution in [0.1, 0.15) is 0 Å². The van der Waals surface area contributed by atoms with Crippen LogP contribution in [0.2, 0.25) is 0 Å². The molecule has 10 aromatic carbocycles. The fourth-order valence-electron chi connectivity index (χ4n) is 8.48. The minimum absolute atomic E-state index is 0. The van der Waals surface area contributed by atoms with Crippen molar-refractivity contribution in [2.45, 2.75) is 0 Å². The number of benzene rings is 10. The SMILES string of the molecule is C=O.C=O.C=O.[Rh].c1ccc(P(c2ccccc2)c2ccccc2)cc1.c1ccc(P(c2ccccc2)c2ccccc2)cc1.c1ccc([B-](c2ccccc2)(c2ccccc2)c2ccccc2)cc1. The molecule has 1 radical (unpaired) electrons. The van der Waals surface area contributed by atoms with Crippen LogP contribution >= 0.6 is 15.8 Å². The van der Waals surface area contributed by atoms with Crippen LogP contribution in [-0.4, -0.2) is 26.5 Å². The van der Waals surface area contributed by atoms with Gasteiger partial charge in [0.2, 0.25) is 0 Å². The van der Waals surface area contributed by atoms with Crippen molar-refractivity contribution < 1.29 is 33.9 Å². The van der Waals surface area contributed by atoms with E-state index in [1.807, 2.05) is 20.4 Å². The number of carbonyl (C=O) groups excluding carboxylic acids is 3. The van der Waals surface area contributed by atoms with Gasteiger partial charge in [-0.3, -0.25) is 0 Å². The first-order valence-corrected chi connectivity index (χ1v) is 25.2. The van der Waals surface area contributed by atoms with Crippen LogP contribution < -0.4 is 53.7 Å². The fourth-order valence-corrected chi connectivity index (χ4v) is 13.1. The van der Waals surface area contributed by atoms with Gasteiger partial charge in [0.1, 0.15) is 26.5 Å². The molecule has 0 spiro atoms. The van der Waals surface area contributed by atoms with Gasteiger partial charge < -0.3 is 14.4 Å². The molecule has 0 unspecified atom stereocenters. The van der Waals surface area contributed by atoms with Crippen molar-refractivity contribution in [2.75, 3.05) is 0 Å². The Morgan fingerprint density at radius 1 is 0.200 bits per heavy atom. The second-order valence-corrected chi connectivity index (χ2v) is 19.6. The van der Waals surface area contributed by atoms with E-state index in [-0.39, 0.29) is 19.5 Å². The molecule has 349 valence electrons. The van der Waals surface area contributed by atoms with Gasteiger partial charge >= 0.3 is 0 Å². The Hall–Kier alpha value is -7.24. The summed E-state index contributed by atoms with van der Waals surface area (Å²) in [5, 5.41) is 8.39. The van der Waals surface area contributed by atoms with Crippen LogP contribution in [0.25, 0.3) is 0 Å². The van der Waals surface area contributed by atoms with E-state index >= 15 is 0 Å². The molecule has 7 heteroatoms. The number of hydrogen-bond donors (Lipinski definition) is 0. The maximum atomic E-state index is 8.00. The quantitative estimate of drug-likeness (QED) is 0.101. The van der Waals surface area contributed by atoms with Gasteiger partial charge in [0.05, 0.1) is 0 Å². The van der Waals surface area contributed by atoms with Gasteiger partial charge in [0, 0.05) is 19.5 Å². The van der Waals surface area contributed by atoms with Gasteiger partial charge in [-0.15, -0.1) is 0 Å². The molecule has 0 aliphatic heterocycles. The minimum atomic E-state index is -1.22. The third-order valence-corrected chi connectivity index (χ3v) is 16.2. The van der Waals surface area contributed by atoms with Crippen molar-refractivity contribution in [3.63, 3.8) is 0 Å². The molecule has 0 aromatic heterocycles. The molecular formula is C63H56BO3P2Rh-. The van der Waals surface area contributed by atoms with E-state index in [1.54, 1.807) is 0 Å². The van der Waals surface area contributed by atoms with Crippen molar-refractivity contribution in [1.29, 1.82) is 0 Å². The summed E-state index contributed by atoms with van der Waals surface area (Å²) in [6.07, 6.45) is -1.22. The summed E-state index contributed by atoms with van der Waals surface area (Å²) in [5.74, 6) is 0. The summed E-state index contributed by atoms with van der Waals surface area (Å²) < 4.78 is 0. The Kier molecular flexibility index (Phi) is 25.1. The van der Waals surface area contributed by atoms with Crippen molar-refractivity contribution >= 4 is 96.0 Å². The normalized spacial score (nSPS) is 9.91. The van der Waals surface area contributed by atoms with Gasteiger partial charge in [-0.25, -0.2) is 0 Å². The monoisotopic (exact) mass is 1040 g/mol. The standard InChI is InChI=1S/C24H20B.2C18H15P.3CH2O.Rh/c1-5-13-21(14-6-1)25(22-15-7-2-8-16-22,23-17-9-3-10-18-23)24-19-11-4-12-20-24;2*1-4-10-16(11-5-1)19(17-12-6-2-7-13-17)18-14-8-3-9-15-18;3*1-2;/h1-20H;2*1-15H;3*1H2;/q-1;;;;;;. The summed E-state index contributed by atoms with van der Waals surface area (Å²) in [6.45, 7) is 6.00. The summed E-state index contributed by atoms with van der Waals surface area (Å²) >= 11 is 0. The van der Waals surface area contributed by atoms with Crippen LogP contribution in [0, 0.1) is 0 Å². The summed E-state index contributed by atoms with van der Waals surface area (Å²) in [7, 11) is -0.892. The smallest absolute Gasteiger partial charge is 0.108 e. The van der Waals surface area contributed by atoms with E-state index in [0.29, 0.717) is 0 Å². The number of rotatable bonds is 10. The van der Waals surface area contributed by atoms with E-state index < -0.39 is 22.0 Å². The first kappa shape index (κ1) is 55.4. The van der Waals surface area contributed by atoms with Crippen LogP contribution in [0.3, 0.4) is 0 Å². The van der Waals surface area contributed by atoms with E-state index in [0.717, 1.165) is 0 Å². The van der Waals surface area contributed by atoms with Crippen LogP contribution in [0.5, 0.6) is 0 Å². The second kappa shape index (κ2) is 31.7. The van der Waals surface area contributed by atoms with Crippen molar-refractivity contribution in [1.82, 2.24) is 0 Å². The molecule has 3 nitrogen and oxygen atoms in total. The van der Waals surface area contributed by atoms with Gasteiger partial charge in [-0.1, -0.05) is 303 Å². The molecule has 0 saturated carbocycles. The zero-order chi connectivity index (χ0) is 48.8. The topological polar surface area (TPSA) is 51.2 Å². The van der Waals surface area contributed by atoms with Gasteiger partial charge in [0.25, 0.3) is 0 Å². The Morgan fingerprint density at radius 3 is 0.443 bits per heavy atom. The molecule has 10 rings (SSSR count). The molecule has 0 atom stereocenters. The van der Waals surface area contributed by atoms with Gasteiger partial charge in [-0.2, -0.15) is 21.9 Å². The second-order valence-electron chi connectivity index (χ2n) is 15.2. The molecule has 0 bridgehead atoms. The fraction of sp³-hybridized carbons (Fsp3) is 0. The molecule has 10 aromatic rings. The summed E-state index contributed by atoms with van der Waals surface area (Å²) in [6, 6.07) is 108. The van der Waals surface area contributed by atoms with Gasteiger partial charge in [0.15, 0.2) is 0 Å². The van der Waals surface area contributed by atoms with E-state index in [9.17, 15) is 0 Å².